The predicted octanol–water partition coefficient (Wildman–Crippen LogP) is 2.36. The van der Waals surface area contributed by atoms with Crippen molar-refractivity contribution in [2.45, 2.75) is 32.7 Å². The van der Waals surface area contributed by atoms with E-state index < -0.39 is 0 Å². The highest BCUT2D eigenvalue weighted by Gasteiger charge is 2.41. The van der Waals surface area contributed by atoms with E-state index in [1.807, 2.05) is 6.20 Å². The van der Waals surface area contributed by atoms with Crippen LogP contribution in [0.25, 0.3) is 0 Å². The van der Waals surface area contributed by atoms with Gasteiger partial charge < -0.3 is 10.1 Å². The van der Waals surface area contributed by atoms with Gasteiger partial charge in [0.1, 0.15) is 0 Å². The monoisotopic (exact) mass is 240 g/mol. The maximum absolute atomic E-state index is 5.15. The molecule has 0 amide bonds. The largest absolute Gasteiger partial charge is 0.385 e. The Hall–Kier alpha value is -0.450. The SMILES string of the molecule is COCCC1(CNCc2cnc(C)s2)CC1. The number of thiazole rings is 1. The molecule has 4 heteroatoms. The third kappa shape index (κ3) is 3.27. The van der Waals surface area contributed by atoms with Gasteiger partial charge in [-0.2, -0.15) is 0 Å². The highest BCUT2D eigenvalue weighted by Crippen LogP contribution is 2.48. The molecule has 1 N–H and O–H groups in total. The summed E-state index contributed by atoms with van der Waals surface area (Å²) < 4.78 is 5.15. The first kappa shape index (κ1) is 12.0. The fourth-order valence-electron chi connectivity index (χ4n) is 1.95. The second-order valence-corrected chi connectivity index (χ2v) is 6.01. The van der Waals surface area contributed by atoms with Crippen LogP contribution in [0.4, 0.5) is 0 Å². The Morgan fingerprint density at radius 2 is 2.38 bits per heavy atom. The number of ether oxygens (including phenoxy) is 1. The molecule has 0 unspecified atom stereocenters. The first-order valence-corrected chi connectivity index (χ1v) is 6.67. The minimum atomic E-state index is 0.537. The molecule has 1 aliphatic carbocycles. The Balaban J connectivity index is 1.68. The van der Waals surface area contributed by atoms with Gasteiger partial charge in [-0.1, -0.05) is 0 Å². The summed E-state index contributed by atoms with van der Waals surface area (Å²) in [7, 11) is 1.78. The maximum atomic E-state index is 5.15. The van der Waals surface area contributed by atoms with E-state index in [9.17, 15) is 0 Å². The molecule has 90 valence electrons. The van der Waals surface area contributed by atoms with Crippen molar-refractivity contribution in [1.29, 1.82) is 0 Å². The van der Waals surface area contributed by atoms with Gasteiger partial charge in [0.05, 0.1) is 5.01 Å². The molecule has 0 radical (unpaired) electrons. The van der Waals surface area contributed by atoms with Crippen molar-refractivity contribution in [1.82, 2.24) is 10.3 Å². The molecule has 0 atom stereocenters. The molecule has 1 aromatic heterocycles. The first-order valence-electron chi connectivity index (χ1n) is 5.85. The van der Waals surface area contributed by atoms with E-state index in [4.69, 9.17) is 4.74 Å². The summed E-state index contributed by atoms with van der Waals surface area (Å²) in [4.78, 5) is 5.59. The van der Waals surface area contributed by atoms with E-state index in [1.165, 1.54) is 24.1 Å². The minimum Gasteiger partial charge on any atom is -0.385 e. The second-order valence-electron chi connectivity index (χ2n) is 4.69. The van der Waals surface area contributed by atoms with Gasteiger partial charge in [0, 0.05) is 37.9 Å². The summed E-state index contributed by atoms with van der Waals surface area (Å²) in [6.07, 6.45) is 5.87. The number of methoxy groups -OCH3 is 1. The molecule has 2 rings (SSSR count). The summed E-state index contributed by atoms with van der Waals surface area (Å²) in [5.41, 5.74) is 0.537. The molecular formula is C12H20N2OS. The number of nitrogens with one attached hydrogen (secondary N) is 1. The number of aromatic nitrogens is 1. The van der Waals surface area contributed by atoms with Gasteiger partial charge in [0.2, 0.25) is 0 Å². The molecular weight excluding hydrogens is 220 g/mol. The van der Waals surface area contributed by atoms with E-state index in [-0.39, 0.29) is 0 Å². The lowest BCUT2D eigenvalue weighted by Gasteiger charge is -2.14. The van der Waals surface area contributed by atoms with Crippen LogP contribution in [0.15, 0.2) is 6.20 Å². The molecule has 1 fully saturated rings. The van der Waals surface area contributed by atoms with Crippen molar-refractivity contribution in [2.24, 2.45) is 5.41 Å². The molecule has 1 heterocycles. The lowest BCUT2D eigenvalue weighted by Crippen LogP contribution is -2.24. The Labute approximate surface area is 101 Å². The fourth-order valence-corrected chi connectivity index (χ4v) is 2.71. The van der Waals surface area contributed by atoms with Crippen LogP contribution in [-0.2, 0) is 11.3 Å². The summed E-state index contributed by atoms with van der Waals surface area (Å²) in [6, 6.07) is 0. The second kappa shape index (κ2) is 5.25. The predicted molar refractivity (Wildman–Crippen MR) is 66.7 cm³/mol. The molecule has 0 bridgehead atoms. The Morgan fingerprint density at radius 1 is 1.56 bits per heavy atom. The third-order valence-corrected chi connectivity index (χ3v) is 4.17. The van der Waals surface area contributed by atoms with Crippen molar-refractivity contribution in [3.05, 3.63) is 16.1 Å². The molecule has 1 aromatic rings. The van der Waals surface area contributed by atoms with Crippen LogP contribution in [0.1, 0.15) is 29.1 Å². The van der Waals surface area contributed by atoms with Crippen molar-refractivity contribution < 1.29 is 4.74 Å². The van der Waals surface area contributed by atoms with Gasteiger partial charge in [-0.15, -0.1) is 11.3 Å². The van der Waals surface area contributed by atoms with E-state index in [0.29, 0.717) is 5.41 Å². The molecule has 16 heavy (non-hydrogen) atoms. The minimum absolute atomic E-state index is 0.537. The van der Waals surface area contributed by atoms with Crippen LogP contribution in [0.3, 0.4) is 0 Å². The van der Waals surface area contributed by atoms with E-state index in [0.717, 1.165) is 24.7 Å². The average Bonchev–Trinajstić information content (AvgIpc) is 2.92. The third-order valence-electron chi connectivity index (χ3n) is 3.26. The molecule has 0 spiro atoms. The molecule has 0 saturated heterocycles. The molecule has 1 aliphatic rings. The van der Waals surface area contributed by atoms with E-state index in [2.05, 4.69) is 17.2 Å². The van der Waals surface area contributed by atoms with Crippen molar-refractivity contribution >= 4 is 11.3 Å². The molecule has 0 aromatic carbocycles. The van der Waals surface area contributed by atoms with Crippen LogP contribution in [0.2, 0.25) is 0 Å². The van der Waals surface area contributed by atoms with Gasteiger partial charge >= 0.3 is 0 Å². The van der Waals surface area contributed by atoms with Crippen molar-refractivity contribution in [2.75, 3.05) is 20.3 Å². The number of rotatable bonds is 7. The zero-order valence-corrected chi connectivity index (χ0v) is 10.9. The molecule has 0 aliphatic heterocycles. The smallest absolute Gasteiger partial charge is 0.0897 e. The Bertz CT molecular complexity index is 334. The van der Waals surface area contributed by atoms with Crippen molar-refractivity contribution in [3.8, 4) is 0 Å². The quantitative estimate of drug-likeness (QED) is 0.794. The van der Waals surface area contributed by atoms with Gasteiger partial charge in [0.25, 0.3) is 0 Å². The average molecular weight is 240 g/mol. The van der Waals surface area contributed by atoms with Gasteiger partial charge in [-0.25, -0.2) is 4.98 Å². The van der Waals surface area contributed by atoms with Gasteiger partial charge in [0.15, 0.2) is 0 Å². The summed E-state index contributed by atoms with van der Waals surface area (Å²) >= 11 is 1.78. The highest BCUT2D eigenvalue weighted by atomic mass is 32.1. The Kier molecular flexibility index (Phi) is 3.95. The topological polar surface area (TPSA) is 34.1 Å². The lowest BCUT2D eigenvalue weighted by atomic mass is 10.0. The fraction of sp³-hybridized carbons (Fsp3) is 0.750. The number of hydrogen-bond acceptors (Lipinski definition) is 4. The Morgan fingerprint density at radius 3 is 2.94 bits per heavy atom. The number of hydrogen-bond donors (Lipinski definition) is 1. The van der Waals surface area contributed by atoms with Crippen LogP contribution < -0.4 is 5.32 Å². The van der Waals surface area contributed by atoms with E-state index >= 15 is 0 Å². The summed E-state index contributed by atoms with van der Waals surface area (Å²) in [6.45, 7) is 5.02. The molecule has 1 saturated carbocycles. The standard InChI is InChI=1S/C12H20N2OS/c1-10-14-8-11(16-10)7-13-9-12(3-4-12)5-6-15-2/h8,13H,3-7,9H2,1-2H3. The summed E-state index contributed by atoms with van der Waals surface area (Å²) in [5, 5.41) is 4.69. The molecule has 3 nitrogen and oxygen atoms in total. The zero-order chi connectivity index (χ0) is 11.4. The number of nitrogens with zero attached hydrogens (tertiary/aromatic N) is 1. The van der Waals surface area contributed by atoms with E-state index in [1.54, 1.807) is 18.4 Å². The highest BCUT2D eigenvalue weighted by molar-refractivity contribution is 7.11. The van der Waals surface area contributed by atoms with Gasteiger partial charge in [-0.3, -0.25) is 0 Å². The van der Waals surface area contributed by atoms with Crippen molar-refractivity contribution in [3.63, 3.8) is 0 Å². The van der Waals surface area contributed by atoms with Gasteiger partial charge in [-0.05, 0) is 31.6 Å². The normalized spacial score (nSPS) is 17.6. The maximum Gasteiger partial charge on any atom is 0.0897 e. The summed E-state index contributed by atoms with van der Waals surface area (Å²) in [5.74, 6) is 0. The zero-order valence-electron chi connectivity index (χ0n) is 10.1. The van der Waals surface area contributed by atoms with Crippen LogP contribution in [0, 0.1) is 12.3 Å². The first-order chi connectivity index (χ1) is 7.74. The lowest BCUT2D eigenvalue weighted by molar-refractivity contribution is 0.171. The van der Waals surface area contributed by atoms with Crippen LogP contribution >= 0.6 is 11.3 Å². The van der Waals surface area contributed by atoms with Crippen LogP contribution in [-0.4, -0.2) is 25.2 Å². The number of aryl methyl sites for hydroxylation is 1. The van der Waals surface area contributed by atoms with Crippen LogP contribution in [0.5, 0.6) is 0 Å².